The van der Waals surface area contributed by atoms with Crippen LogP contribution in [0, 0.1) is 5.82 Å². The van der Waals surface area contributed by atoms with E-state index in [4.69, 9.17) is 4.42 Å². The van der Waals surface area contributed by atoms with Gasteiger partial charge in [0, 0.05) is 36.0 Å². The topological polar surface area (TPSA) is 79.2 Å². The summed E-state index contributed by atoms with van der Waals surface area (Å²) in [6.45, 7) is 2.36. The smallest absolute Gasteiger partial charge is 0.232 e. The molecule has 0 saturated heterocycles. The molecule has 4 aromatic rings. The van der Waals surface area contributed by atoms with Crippen molar-refractivity contribution in [2.24, 2.45) is 0 Å². The average Bonchev–Trinajstić information content (AvgIpc) is 3.32. The number of rotatable bonds is 7. The number of sulfonamides is 1. The number of H-pyrrole nitrogens is 1. The largest absolute Gasteiger partial charge is 0.455 e. The first-order valence-corrected chi connectivity index (χ1v) is 12.6. The minimum absolute atomic E-state index is 0.323. The second kappa shape index (κ2) is 7.78. The molecule has 1 aliphatic rings. The van der Waals surface area contributed by atoms with Gasteiger partial charge in [-0.2, -0.15) is 0 Å². The Morgan fingerprint density at radius 2 is 1.97 bits per heavy atom. The minimum Gasteiger partial charge on any atom is -0.455 e. The van der Waals surface area contributed by atoms with E-state index in [1.54, 1.807) is 24.5 Å². The fraction of sp³-hybridized carbons (Fsp3) is 0.292. The van der Waals surface area contributed by atoms with Crippen molar-refractivity contribution in [3.8, 4) is 22.7 Å². The monoisotopic (exact) mass is 453 g/mol. The first-order valence-electron chi connectivity index (χ1n) is 10.7. The third kappa shape index (κ3) is 3.68. The Kier molecular flexibility index (Phi) is 5.04. The number of hydrogen-bond acceptors (Lipinski definition) is 4. The number of aromatic amines is 1. The molecule has 0 atom stereocenters. The summed E-state index contributed by atoms with van der Waals surface area (Å²) in [4.78, 5) is 7.58. The molecule has 2 heterocycles. The van der Waals surface area contributed by atoms with Crippen LogP contribution < -0.4 is 4.31 Å². The molecular formula is C24H24FN3O3S. The number of hydrogen-bond donors (Lipinski definition) is 1. The van der Waals surface area contributed by atoms with Crippen LogP contribution in [-0.4, -0.2) is 31.2 Å². The zero-order valence-electron chi connectivity index (χ0n) is 17.9. The minimum atomic E-state index is -3.45. The zero-order chi connectivity index (χ0) is 22.5. The van der Waals surface area contributed by atoms with Crippen LogP contribution >= 0.6 is 0 Å². The fourth-order valence-electron chi connectivity index (χ4n) is 4.20. The van der Waals surface area contributed by atoms with Gasteiger partial charge in [-0.1, -0.05) is 6.92 Å². The Morgan fingerprint density at radius 1 is 1.22 bits per heavy atom. The fourth-order valence-corrected chi connectivity index (χ4v) is 5.23. The summed E-state index contributed by atoms with van der Waals surface area (Å²) in [5.41, 5.74) is 3.76. The Labute approximate surface area is 186 Å². The summed E-state index contributed by atoms with van der Waals surface area (Å²) in [5, 5.41) is 0.856. The SMILES string of the molecule is CCCN(c1cc2oc(-c3ccc(F)cc3)c(-c3ncc[nH]3)c2cc1C1CC1)S(C)(=O)=O. The van der Waals surface area contributed by atoms with Gasteiger partial charge in [0.1, 0.15) is 23.0 Å². The molecular weight excluding hydrogens is 429 g/mol. The van der Waals surface area contributed by atoms with Crippen LogP contribution in [-0.2, 0) is 10.0 Å². The average molecular weight is 454 g/mol. The number of halogens is 1. The van der Waals surface area contributed by atoms with E-state index in [9.17, 15) is 12.8 Å². The number of aromatic nitrogens is 2. The highest BCUT2D eigenvalue weighted by Gasteiger charge is 2.32. The number of benzene rings is 2. The summed E-state index contributed by atoms with van der Waals surface area (Å²) >= 11 is 0. The van der Waals surface area contributed by atoms with E-state index in [1.165, 1.54) is 22.7 Å². The molecule has 0 bridgehead atoms. The molecule has 166 valence electrons. The molecule has 0 spiro atoms. The van der Waals surface area contributed by atoms with Gasteiger partial charge in [0.2, 0.25) is 10.0 Å². The predicted octanol–water partition coefficient (Wildman–Crippen LogP) is 5.68. The quantitative estimate of drug-likeness (QED) is 0.390. The first kappa shape index (κ1) is 20.8. The summed E-state index contributed by atoms with van der Waals surface area (Å²) in [7, 11) is -3.45. The predicted molar refractivity (Wildman–Crippen MR) is 124 cm³/mol. The van der Waals surface area contributed by atoms with Crippen LogP contribution in [0.25, 0.3) is 33.7 Å². The van der Waals surface area contributed by atoms with Crippen molar-refractivity contribution in [3.05, 3.63) is 60.2 Å². The van der Waals surface area contributed by atoms with Gasteiger partial charge >= 0.3 is 0 Å². The van der Waals surface area contributed by atoms with Gasteiger partial charge in [-0.25, -0.2) is 17.8 Å². The summed E-state index contributed by atoms with van der Waals surface area (Å²) in [6, 6.07) is 10.00. The number of anilines is 1. The van der Waals surface area contributed by atoms with E-state index in [0.717, 1.165) is 34.9 Å². The maximum absolute atomic E-state index is 13.5. The third-order valence-electron chi connectivity index (χ3n) is 5.79. The number of nitrogens with one attached hydrogen (secondary N) is 1. The Balaban J connectivity index is 1.80. The van der Waals surface area contributed by atoms with Gasteiger partial charge in [-0.15, -0.1) is 0 Å². The maximum atomic E-state index is 13.5. The molecule has 1 fully saturated rings. The molecule has 8 heteroatoms. The normalized spacial score (nSPS) is 14.2. The van der Waals surface area contributed by atoms with Crippen molar-refractivity contribution < 1.29 is 17.2 Å². The molecule has 5 rings (SSSR count). The number of nitrogens with zero attached hydrogens (tertiary/aromatic N) is 2. The van der Waals surface area contributed by atoms with Crippen LogP contribution in [0.3, 0.4) is 0 Å². The summed E-state index contributed by atoms with van der Waals surface area (Å²) in [5.74, 6) is 1.21. The first-order chi connectivity index (χ1) is 15.4. The molecule has 1 N–H and O–H groups in total. The highest BCUT2D eigenvalue weighted by Crippen LogP contribution is 2.49. The molecule has 0 aliphatic heterocycles. The lowest BCUT2D eigenvalue weighted by Gasteiger charge is -2.24. The number of furan rings is 1. The highest BCUT2D eigenvalue weighted by molar-refractivity contribution is 7.92. The lowest BCUT2D eigenvalue weighted by atomic mass is 10.0. The van der Waals surface area contributed by atoms with Gasteiger partial charge in [0.15, 0.2) is 0 Å². The molecule has 0 unspecified atom stereocenters. The molecule has 2 aromatic heterocycles. The Morgan fingerprint density at radius 3 is 2.56 bits per heavy atom. The van der Waals surface area contributed by atoms with Crippen LogP contribution in [0.15, 0.2) is 53.2 Å². The molecule has 1 aliphatic carbocycles. The lowest BCUT2D eigenvalue weighted by Crippen LogP contribution is -2.31. The van der Waals surface area contributed by atoms with Crippen molar-refractivity contribution in [2.45, 2.75) is 32.1 Å². The van der Waals surface area contributed by atoms with Crippen LogP contribution in [0.1, 0.15) is 37.7 Å². The maximum Gasteiger partial charge on any atom is 0.232 e. The van der Waals surface area contributed by atoms with Gasteiger partial charge in [0.25, 0.3) is 0 Å². The second-order valence-electron chi connectivity index (χ2n) is 8.27. The van der Waals surface area contributed by atoms with E-state index in [1.807, 2.05) is 19.1 Å². The van der Waals surface area contributed by atoms with Gasteiger partial charge in [-0.3, -0.25) is 4.31 Å². The molecule has 0 amide bonds. The molecule has 0 radical (unpaired) electrons. The number of imidazole rings is 1. The zero-order valence-corrected chi connectivity index (χ0v) is 18.7. The van der Waals surface area contributed by atoms with E-state index >= 15 is 0 Å². The van der Waals surface area contributed by atoms with Crippen molar-refractivity contribution >= 4 is 26.7 Å². The highest BCUT2D eigenvalue weighted by atomic mass is 32.2. The Bertz CT molecular complexity index is 1370. The van der Waals surface area contributed by atoms with Gasteiger partial charge in [-0.05, 0) is 61.1 Å². The van der Waals surface area contributed by atoms with Crippen molar-refractivity contribution in [2.75, 3.05) is 17.1 Å². The van der Waals surface area contributed by atoms with Crippen LogP contribution in [0.4, 0.5) is 10.1 Å². The van der Waals surface area contributed by atoms with Crippen molar-refractivity contribution in [1.82, 2.24) is 9.97 Å². The lowest BCUT2D eigenvalue weighted by molar-refractivity contribution is 0.595. The summed E-state index contributed by atoms with van der Waals surface area (Å²) in [6.07, 6.45) is 7.41. The second-order valence-corrected chi connectivity index (χ2v) is 10.2. The van der Waals surface area contributed by atoms with Crippen molar-refractivity contribution in [1.29, 1.82) is 0 Å². The molecule has 32 heavy (non-hydrogen) atoms. The van der Waals surface area contributed by atoms with E-state index in [0.29, 0.717) is 41.7 Å². The van der Waals surface area contributed by atoms with E-state index in [-0.39, 0.29) is 5.82 Å². The van der Waals surface area contributed by atoms with E-state index in [2.05, 4.69) is 9.97 Å². The van der Waals surface area contributed by atoms with E-state index < -0.39 is 10.0 Å². The van der Waals surface area contributed by atoms with Gasteiger partial charge in [0.05, 0.1) is 17.5 Å². The van der Waals surface area contributed by atoms with Gasteiger partial charge < -0.3 is 9.40 Å². The van der Waals surface area contributed by atoms with Crippen LogP contribution in [0.2, 0.25) is 0 Å². The standard InChI is InChI=1S/C24H24FN3O3S/c1-3-12-28(32(2,29)30)20-14-21-19(13-18(20)15-4-5-15)22(24-26-10-11-27-24)23(31-21)16-6-8-17(25)9-7-16/h6-11,13-15H,3-5,12H2,1-2H3,(H,26,27). The third-order valence-corrected chi connectivity index (χ3v) is 6.97. The number of fused-ring (bicyclic) bond motifs is 1. The summed E-state index contributed by atoms with van der Waals surface area (Å²) < 4.78 is 46.5. The van der Waals surface area contributed by atoms with Crippen LogP contribution in [0.5, 0.6) is 0 Å². The molecule has 2 aromatic carbocycles. The Hall–Kier alpha value is -3.13. The molecule has 1 saturated carbocycles. The van der Waals surface area contributed by atoms with Crippen molar-refractivity contribution in [3.63, 3.8) is 0 Å². The molecule has 6 nitrogen and oxygen atoms in total.